The fraction of sp³-hybridized carbons (Fsp3) is 1.00. The maximum Gasteiger partial charge on any atom is 0.0200 e. The number of rotatable bonds is 6. The van der Waals surface area contributed by atoms with Crippen LogP contribution < -0.4 is 5.32 Å². The first kappa shape index (κ1) is 14.8. The molecular weight excluding hydrogens is 244 g/mol. The summed E-state index contributed by atoms with van der Waals surface area (Å²) in [5, 5.41) is 4.01. The van der Waals surface area contributed by atoms with Crippen LogP contribution in [0.4, 0.5) is 0 Å². The Morgan fingerprint density at radius 3 is 2.45 bits per heavy atom. The molecule has 3 rings (SSSR count). The molecule has 1 aliphatic heterocycles. The number of hydrogen-bond donors (Lipinski definition) is 1. The Bertz CT molecular complexity index is 294. The summed E-state index contributed by atoms with van der Waals surface area (Å²) in [7, 11) is 0. The van der Waals surface area contributed by atoms with Gasteiger partial charge in [-0.15, -0.1) is 0 Å². The molecule has 2 nitrogen and oxygen atoms in total. The summed E-state index contributed by atoms with van der Waals surface area (Å²) in [6.07, 6.45) is 12.9. The third-order valence-corrected chi connectivity index (χ3v) is 5.97. The van der Waals surface area contributed by atoms with E-state index in [-0.39, 0.29) is 0 Å². The van der Waals surface area contributed by atoms with Crippen LogP contribution in [0, 0.1) is 11.8 Å². The Morgan fingerprint density at radius 2 is 1.80 bits per heavy atom. The molecule has 0 spiro atoms. The van der Waals surface area contributed by atoms with E-state index in [9.17, 15) is 0 Å². The van der Waals surface area contributed by atoms with E-state index in [1.807, 2.05) is 0 Å². The summed E-state index contributed by atoms with van der Waals surface area (Å²) in [6, 6.07) is 2.44. The van der Waals surface area contributed by atoms with Crippen molar-refractivity contribution in [1.29, 1.82) is 0 Å². The highest BCUT2D eigenvalue weighted by atomic mass is 15.2. The molecule has 1 heterocycles. The Morgan fingerprint density at radius 1 is 1.05 bits per heavy atom. The van der Waals surface area contributed by atoms with E-state index >= 15 is 0 Å². The lowest BCUT2D eigenvalue weighted by Crippen LogP contribution is -2.54. The van der Waals surface area contributed by atoms with Crippen molar-refractivity contribution < 1.29 is 0 Å². The SMILES string of the molecule is CCCC1CC(NC2CCCC2)CN(C(C)C2CC2)C1. The second-order valence-corrected chi connectivity index (χ2v) is 7.77. The van der Waals surface area contributed by atoms with Gasteiger partial charge in [0.05, 0.1) is 0 Å². The molecule has 2 heteroatoms. The van der Waals surface area contributed by atoms with Gasteiger partial charge < -0.3 is 5.32 Å². The number of nitrogens with zero attached hydrogens (tertiary/aromatic N) is 1. The number of hydrogen-bond acceptors (Lipinski definition) is 2. The van der Waals surface area contributed by atoms with Crippen LogP contribution in [-0.2, 0) is 0 Å². The summed E-state index contributed by atoms with van der Waals surface area (Å²) in [6.45, 7) is 7.52. The molecule has 3 fully saturated rings. The smallest absolute Gasteiger partial charge is 0.0200 e. The molecule has 0 aromatic heterocycles. The first-order chi connectivity index (χ1) is 9.76. The number of piperidine rings is 1. The van der Waals surface area contributed by atoms with E-state index < -0.39 is 0 Å². The second-order valence-electron chi connectivity index (χ2n) is 7.77. The molecule has 0 aromatic rings. The maximum atomic E-state index is 4.01. The molecule has 20 heavy (non-hydrogen) atoms. The van der Waals surface area contributed by atoms with Crippen molar-refractivity contribution in [3.05, 3.63) is 0 Å². The molecule has 0 bridgehead atoms. The molecule has 3 aliphatic rings. The highest BCUT2D eigenvalue weighted by Crippen LogP contribution is 2.37. The zero-order valence-corrected chi connectivity index (χ0v) is 13.6. The van der Waals surface area contributed by atoms with Crippen LogP contribution in [0.3, 0.4) is 0 Å². The number of likely N-dealkylation sites (tertiary alicyclic amines) is 1. The van der Waals surface area contributed by atoms with Gasteiger partial charge in [0.15, 0.2) is 0 Å². The number of nitrogens with one attached hydrogen (secondary N) is 1. The predicted molar refractivity (Wildman–Crippen MR) is 86.0 cm³/mol. The van der Waals surface area contributed by atoms with Crippen LogP contribution in [0.25, 0.3) is 0 Å². The van der Waals surface area contributed by atoms with Crippen molar-refractivity contribution in [2.75, 3.05) is 13.1 Å². The zero-order valence-electron chi connectivity index (χ0n) is 13.6. The normalized spacial score (nSPS) is 34.5. The Labute approximate surface area is 125 Å². The van der Waals surface area contributed by atoms with Gasteiger partial charge in [-0.3, -0.25) is 4.90 Å². The molecule has 0 amide bonds. The van der Waals surface area contributed by atoms with Gasteiger partial charge in [-0.2, -0.15) is 0 Å². The van der Waals surface area contributed by atoms with Gasteiger partial charge in [0.1, 0.15) is 0 Å². The summed E-state index contributed by atoms with van der Waals surface area (Å²) >= 11 is 0. The van der Waals surface area contributed by atoms with Gasteiger partial charge in [-0.05, 0) is 57.3 Å². The Hall–Kier alpha value is -0.0800. The summed E-state index contributed by atoms with van der Waals surface area (Å²) in [4.78, 5) is 2.83. The Kier molecular flexibility index (Phi) is 5.04. The van der Waals surface area contributed by atoms with Gasteiger partial charge in [0.2, 0.25) is 0 Å². The van der Waals surface area contributed by atoms with E-state index in [2.05, 4.69) is 24.1 Å². The second kappa shape index (κ2) is 6.79. The third-order valence-electron chi connectivity index (χ3n) is 5.97. The van der Waals surface area contributed by atoms with Crippen molar-refractivity contribution in [3.63, 3.8) is 0 Å². The lowest BCUT2D eigenvalue weighted by Gasteiger charge is -2.42. The molecule has 0 aromatic carbocycles. The molecule has 2 aliphatic carbocycles. The van der Waals surface area contributed by atoms with E-state index in [0.717, 1.165) is 30.0 Å². The third kappa shape index (κ3) is 3.76. The monoisotopic (exact) mass is 278 g/mol. The van der Waals surface area contributed by atoms with Gasteiger partial charge in [-0.25, -0.2) is 0 Å². The quantitative estimate of drug-likeness (QED) is 0.795. The van der Waals surface area contributed by atoms with Crippen LogP contribution in [0.2, 0.25) is 0 Å². The minimum Gasteiger partial charge on any atom is -0.310 e. The zero-order chi connectivity index (χ0) is 13.9. The van der Waals surface area contributed by atoms with Gasteiger partial charge in [0, 0.05) is 31.2 Å². The topological polar surface area (TPSA) is 15.3 Å². The summed E-state index contributed by atoms with van der Waals surface area (Å²) in [5.41, 5.74) is 0. The molecule has 0 radical (unpaired) electrons. The predicted octanol–water partition coefficient (Wildman–Crippen LogP) is 3.81. The van der Waals surface area contributed by atoms with Crippen molar-refractivity contribution in [2.45, 2.75) is 89.8 Å². The van der Waals surface area contributed by atoms with Crippen molar-refractivity contribution >= 4 is 0 Å². The average Bonchev–Trinajstić information content (AvgIpc) is 3.17. The van der Waals surface area contributed by atoms with Crippen LogP contribution in [0.15, 0.2) is 0 Å². The fourth-order valence-corrected chi connectivity index (χ4v) is 4.61. The van der Waals surface area contributed by atoms with Gasteiger partial charge >= 0.3 is 0 Å². The Balaban J connectivity index is 1.56. The van der Waals surface area contributed by atoms with Crippen LogP contribution >= 0.6 is 0 Å². The lowest BCUT2D eigenvalue weighted by atomic mass is 9.89. The molecular formula is C18H34N2. The average molecular weight is 278 g/mol. The summed E-state index contributed by atoms with van der Waals surface area (Å²) < 4.78 is 0. The van der Waals surface area contributed by atoms with E-state index in [0.29, 0.717) is 0 Å². The van der Waals surface area contributed by atoms with E-state index in [4.69, 9.17) is 0 Å². The van der Waals surface area contributed by atoms with Crippen LogP contribution in [-0.4, -0.2) is 36.1 Å². The molecule has 1 saturated heterocycles. The van der Waals surface area contributed by atoms with Crippen molar-refractivity contribution in [1.82, 2.24) is 10.2 Å². The largest absolute Gasteiger partial charge is 0.310 e. The molecule has 2 saturated carbocycles. The molecule has 3 unspecified atom stereocenters. The molecule has 3 atom stereocenters. The molecule has 116 valence electrons. The first-order valence-corrected chi connectivity index (χ1v) is 9.26. The maximum absolute atomic E-state index is 4.01. The minimum absolute atomic E-state index is 0.768. The summed E-state index contributed by atoms with van der Waals surface area (Å²) in [5.74, 6) is 1.95. The lowest BCUT2D eigenvalue weighted by molar-refractivity contribution is 0.0866. The van der Waals surface area contributed by atoms with Gasteiger partial charge in [-0.1, -0.05) is 26.2 Å². The standard InChI is InChI=1S/C18H34N2/c1-3-6-15-11-18(19-17-7-4-5-8-17)13-20(12-15)14(2)16-9-10-16/h14-19H,3-13H2,1-2H3. The van der Waals surface area contributed by atoms with Crippen molar-refractivity contribution in [2.24, 2.45) is 11.8 Å². The highest BCUT2D eigenvalue weighted by molar-refractivity contribution is 4.92. The molecule has 1 N–H and O–H groups in total. The van der Waals surface area contributed by atoms with Gasteiger partial charge in [0.25, 0.3) is 0 Å². The highest BCUT2D eigenvalue weighted by Gasteiger charge is 2.37. The first-order valence-electron chi connectivity index (χ1n) is 9.26. The van der Waals surface area contributed by atoms with Crippen LogP contribution in [0.5, 0.6) is 0 Å². The fourth-order valence-electron chi connectivity index (χ4n) is 4.61. The van der Waals surface area contributed by atoms with Crippen molar-refractivity contribution in [3.8, 4) is 0 Å². The van der Waals surface area contributed by atoms with Crippen LogP contribution in [0.1, 0.15) is 71.6 Å². The minimum atomic E-state index is 0.768. The van der Waals surface area contributed by atoms with E-state index in [1.54, 1.807) is 0 Å². The van der Waals surface area contributed by atoms with E-state index in [1.165, 1.54) is 70.9 Å².